The molecule has 0 saturated heterocycles. The number of hydrogen-bond donors (Lipinski definition) is 0. The van der Waals surface area contributed by atoms with E-state index in [-0.39, 0.29) is 57.7 Å². The van der Waals surface area contributed by atoms with Crippen molar-refractivity contribution in [2.75, 3.05) is 5.34 Å². The molecule has 0 N–H and O–H groups in total. The summed E-state index contributed by atoms with van der Waals surface area (Å²) in [7, 11) is 0. The molecule has 0 unspecified atom stereocenters. The molecule has 8 rings (SSSR count). The van der Waals surface area contributed by atoms with Gasteiger partial charge in [-0.3, -0.25) is 9.98 Å². The number of carbonyl (C=O) groups is 2. The summed E-state index contributed by atoms with van der Waals surface area (Å²) in [6.07, 6.45) is 3.62. The second-order valence-corrected chi connectivity index (χ2v) is 19.6. The number of pyridine rings is 2. The van der Waals surface area contributed by atoms with Gasteiger partial charge < -0.3 is 30.0 Å². The maximum absolute atomic E-state index is 13.2. The third-order valence-corrected chi connectivity index (χ3v) is 11.6. The van der Waals surface area contributed by atoms with Crippen LogP contribution in [0, 0.1) is 0 Å². The Hall–Kier alpha value is -6.60. The van der Waals surface area contributed by atoms with E-state index >= 15 is 0 Å². The van der Waals surface area contributed by atoms with Crippen molar-refractivity contribution in [2.45, 2.75) is 92.9 Å². The van der Waals surface area contributed by atoms with E-state index in [1.807, 2.05) is 146 Å². The van der Waals surface area contributed by atoms with Gasteiger partial charge in [-0.2, -0.15) is 0 Å². The minimum Gasteiger partial charge on any atom is -0.872 e. The van der Waals surface area contributed by atoms with E-state index in [0.29, 0.717) is 57.3 Å². The maximum Gasteiger partial charge on any atom is 2.00 e. The molecule has 0 aliphatic rings. The number of aliphatic carboxylic acids is 2. The Balaban J connectivity index is 0.000000446. The molecule has 0 spiro atoms. The van der Waals surface area contributed by atoms with Gasteiger partial charge in [-0.05, 0) is 117 Å². The Morgan fingerprint density at radius 1 is 0.430 bits per heavy atom. The number of nitrogens with zero attached hydrogens (tertiary/aromatic N) is 4. The van der Waals surface area contributed by atoms with Crippen LogP contribution in [0.25, 0.3) is 44.8 Å². The molecular formula is C65H66Cl2N4O6Pd2. The molecule has 0 fully saturated rings. The summed E-state index contributed by atoms with van der Waals surface area (Å²) >= 11 is 9.53. The summed E-state index contributed by atoms with van der Waals surface area (Å²) in [6, 6.07) is 55.0. The van der Waals surface area contributed by atoms with Crippen molar-refractivity contribution in [1.82, 2.24) is 9.97 Å². The number of alkyl halides is 2. The van der Waals surface area contributed by atoms with Crippen LogP contribution in [0.3, 0.4) is 0 Å². The zero-order valence-corrected chi connectivity index (χ0v) is 50.6. The number of carboxylic acid groups (broad SMARTS) is 2. The Labute approximate surface area is 504 Å². The largest absolute Gasteiger partial charge is 2.00 e. The van der Waals surface area contributed by atoms with Gasteiger partial charge in [0.1, 0.15) is 0 Å². The van der Waals surface area contributed by atoms with Crippen LogP contribution in [0.2, 0.25) is 0 Å². The number of carbonyl (C=O) groups excluding carboxylic acids is 2. The van der Waals surface area contributed by atoms with Crippen LogP contribution < -0.4 is 20.4 Å². The van der Waals surface area contributed by atoms with Gasteiger partial charge in [-0.1, -0.05) is 212 Å². The van der Waals surface area contributed by atoms with Gasteiger partial charge in [-0.15, -0.1) is 23.2 Å². The summed E-state index contributed by atoms with van der Waals surface area (Å²) in [4.78, 5) is 37.0. The van der Waals surface area contributed by atoms with Crippen molar-refractivity contribution in [3.8, 4) is 56.3 Å². The second kappa shape index (κ2) is 35.1. The normalized spacial score (nSPS) is 10.5. The predicted octanol–water partition coefficient (Wildman–Crippen LogP) is 13.9. The predicted molar refractivity (Wildman–Crippen MR) is 311 cm³/mol. The Morgan fingerprint density at radius 3 is 0.962 bits per heavy atom. The van der Waals surface area contributed by atoms with Crippen molar-refractivity contribution in [3.05, 3.63) is 203 Å². The summed E-state index contributed by atoms with van der Waals surface area (Å²) in [5.41, 5.74) is 14.1. The maximum atomic E-state index is 13.2. The fourth-order valence-corrected chi connectivity index (χ4v) is 8.10. The number of hydrogen-bond acceptors (Lipinski definition) is 10. The van der Waals surface area contributed by atoms with Crippen LogP contribution in [0.5, 0.6) is 11.5 Å². The average molecular weight is 1280 g/mol. The standard InChI is InChI=1S/2C30H30N2O.2C2H4O2.CH2Cl2.2Pd/c2*1-20(2)24-14-9-15-25(21(3)4)29(24)31-19-23-13-8-18-28(32-23)27-17-10-16-26(30(27)33)22-11-6-5-7-12-22;2*1-2(3)4;2-1-3;;/h2*5-21,33H,1-4H3;2*1H3,(H,3,4);1H2;;/q;;;;;2*+2/p-4. The van der Waals surface area contributed by atoms with Crippen LogP contribution in [-0.4, -0.2) is 39.7 Å². The van der Waals surface area contributed by atoms with E-state index in [9.17, 15) is 10.2 Å². The molecule has 0 aliphatic carbocycles. The first kappa shape index (κ1) is 68.5. The van der Waals surface area contributed by atoms with Crippen LogP contribution in [-0.2, 0) is 50.4 Å². The van der Waals surface area contributed by atoms with Crippen molar-refractivity contribution in [1.29, 1.82) is 0 Å². The molecule has 2 heterocycles. The van der Waals surface area contributed by atoms with Gasteiger partial charge in [0.2, 0.25) is 0 Å². The number of para-hydroxylation sites is 4. The number of halogens is 2. The van der Waals surface area contributed by atoms with Gasteiger partial charge in [-0.25, -0.2) is 9.97 Å². The summed E-state index contributed by atoms with van der Waals surface area (Å²) in [6.45, 7) is 19.4. The summed E-state index contributed by atoms with van der Waals surface area (Å²) < 4.78 is 0. The van der Waals surface area contributed by atoms with E-state index < -0.39 is 11.9 Å². The first-order valence-corrected chi connectivity index (χ1v) is 26.3. The van der Waals surface area contributed by atoms with Crippen molar-refractivity contribution in [2.24, 2.45) is 9.98 Å². The molecule has 0 bridgehead atoms. The molecule has 0 radical (unpaired) electrons. The SMILES string of the molecule is CC(=O)[O-].CC(=O)[O-].CC(C)c1cccc(C(C)C)c1N=Cc1cccc(-c2cccc(-c3ccccc3)c2[O-])n1.CC(C)c1cccc(C(C)C)c1N=Cc1cccc(-c2cccc(-c3ccccc3)c2[O-])n1.ClCCl.[Pd+2].[Pd+2]. The zero-order chi connectivity index (χ0) is 56.6. The summed E-state index contributed by atoms with van der Waals surface area (Å²) in [5.74, 6) is -0.703. The number of rotatable bonds is 12. The molecule has 0 amide bonds. The Bertz CT molecular complexity index is 2950. The molecule has 0 aliphatic heterocycles. The third-order valence-electron chi connectivity index (χ3n) is 11.6. The number of aromatic nitrogens is 2. The quantitative estimate of drug-likeness (QED) is 0.0659. The van der Waals surface area contributed by atoms with E-state index in [0.717, 1.165) is 47.7 Å². The molecule has 6 aromatic carbocycles. The van der Waals surface area contributed by atoms with Crippen molar-refractivity contribution < 1.29 is 70.9 Å². The van der Waals surface area contributed by atoms with Gasteiger partial charge in [0.25, 0.3) is 0 Å². The molecule has 79 heavy (non-hydrogen) atoms. The monoisotopic (exact) mass is 1280 g/mol. The van der Waals surface area contributed by atoms with Crippen LogP contribution in [0.15, 0.2) is 180 Å². The molecule has 10 nitrogen and oxygen atoms in total. The number of aliphatic imine (C=N–C) groups is 2. The molecule has 14 heteroatoms. The first-order valence-electron chi connectivity index (χ1n) is 25.3. The zero-order valence-electron chi connectivity index (χ0n) is 46.0. The van der Waals surface area contributed by atoms with Gasteiger partial charge in [0.05, 0.1) is 51.9 Å². The number of carboxylic acids is 2. The van der Waals surface area contributed by atoms with Crippen LogP contribution >= 0.6 is 23.2 Å². The number of benzene rings is 6. The van der Waals surface area contributed by atoms with E-state index in [4.69, 9.17) is 63.0 Å². The second-order valence-electron chi connectivity index (χ2n) is 18.8. The topological polar surface area (TPSA) is 177 Å². The third kappa shape index (κ3) is 21.2. The van der Waals surface area contributed by atoms with Gasteiger partial charge in [0.15, 0.2) is 0 Å². The van der Waals surface area contributed by atoms with E-state index in [2.05, 4.69) is 91.8 Å². The van der Waals surface area contributed by atoms with E-state index in [1.165, 1.54) is 22.3 Å². The van der Waals surface area contributed by atoms with Gasteiger partial charge in [0, 0.05) is 11.9 Å². The molecule has 416 valence electrons. The fourth-order valence-electron chi connectivity index (χ4n) is 8.10. The van der Waals surface area contributed by atoms with E-state index in [1.54, 1.807) is 0 Å². The molecule has 0 saturated carbocycles. The average Bonchev–Trinajstić information content (AvgIpc) is 3.40. The fraction of sp³-hybridized carbons (Fsp3) is 0.231. The molecular weight excluding hydrogens is 1220 g/mol. The Kier molecular flexibility index (Phi) is 30.4. The van der Waals surface area contributed by atoms with Gasteiger partial charge >= 0.3 is 40.8 Å². The molecule has 2 aromatic heterocycles. The first-order chi connectivity index (χ1) is 36.8. The molecule has 8 aromatic rings. The molecule has 0 atom stereocenters. The Morgan fingerprint density at radius 2 is 0.684 bits per heavy atom. The summed E-state index contributed by atoms with van der Waals surface area (Å²) in [5, 5.41) is 44.4. The van der Waals surface area contributed by atoms with Crippen molar-refractivity contribution in [3.63, 3.8) is 0 Å². The van der Waals surface area contributed by atoms with Crippen LogP contribution in [0.4, 0.5) is 11.4 Å². The smallest absolute Gasteiger partial charge is 0.872 e. The van der Waals surface area contributed by atoms with Crippen LogP contribution in [0.1, 0.15) is 127 Å². The minimum absolute atomic E-state index is 0. The minimum atomic E-state index is -1.08. The van der Waals surface area contributed by atoms with Crippen molar-refractivity contribution >= 4 is 58.9 Å².